The van der Waals surface area contributed by atoms with Gasteiger partial charge in [-0.2, -0.15) is 0 Å². The monoisotopic (exact) mass is 377 g/mol. The van der Waals surface area contributed by atoms with Crippen LogP contribution in [0.2, 0.25) is 0 Å². The summed E-state index contributed by atoms with van der Waals surface area (Å²) in [7, 11) is 3.05. The van der Waals surface area contributed by atoms with E-state index in [4.69, 9.17) is 18.9 Å². The number of methoxy groups -OCH3 is 2. The van der Waals surface area contributed by atoms with Crippen LogP contribution in [-0.4, -0.2) is 39.3 Å². The number of esters is 1. The number of benzene rings is 2. The van der Waals surface area contributed by atoms with Crippen molar-refractivity contribution >= 4 is 11.9 Å². The number of halogens is 1. The highest BCUT2D eigenvalue weighted by Crippen LogP contribution is 2.27. The smallest absolute Gasteiger partial charge is 0.344 e. The number of carbonyl (C=O) groups excluding carboxylic acids is 2. The Hall–Kier alpha value is -3.29. The van der Waals surface area contributed by atoms with Crippen LogP contribution in [-0.2, 0) is 20.9 Å². The molecular weight excluding hydrogens is 357 g/mol. The molecule has 0 aliphatic rings. The Kier molecular flexibility index (Phi) is 7.42. The lowest BCUT2D eigenvalue weighted by molar-refractivity contribution is -0.150. The van der Waals surface area contributed by atoms with E-state index in [9.17, 15) is 14.0 Å². The second-order valence-corrected chi connectivity index (χ2v) is 5.37. The number of rotatable bonds is 9. The zero-order valence-electron chi connectivity index (χ0n) is 15.0. The molecule has 0 aliphatic heterocycles. The Morgan fingerprint density at radius 1 is 1.00 bits per heavy atom. The van der Waals surface area contributed by atoms with Gasteiger partial charge >= 0.3 is 5.97 Å². The standard InChI is InChI=1S/C19H20FNO6/c1-24-16-7-6-13(8-17(16)25-2)10-21-18(22)11-27-19(23)12-26-15-5-3-4-14(20)9-15/h3-9H,10-12H2,1-2H3,(H,21,22). The molecule has 8 heteroatoms. The third kappa shape index (κ3) is 6.50. The topological polar surface area (TPSA) is 83.1 Å². The van der Waals surface area contributed by atoms with E-state index >= 15 is 0 Å². The Bertz CT molecular complexity index is 796. The molecule has 0 unspecified atom stereocenters. The fourth-order valence-corrected chi connectivity index (χ4v) is 2.13. The van der Waals surface area contributed by atoms with Gasteiger partial charge in [0.1, 0.15) is 11.6 Å². The molecule has 0 bridgehead atoms. The first-order chi connectivity index (χ1) is 13.0. The summed E-state index contributed by atoms with van der Waals surface area (Å²) in [6.07, 6.45) is 0. The van der Waals surface area contributed by atoms with Crippen molar-refractivity contribution in [1.82, 2.24) is 5.32 Å². The molecule has 1 N–H and O–H groups in total. The fraction of sp³-hybridized carbons (Fsp3) is 0.263. The summed E-state index contributed by atoms with van der Waals surface area (Å²) in [5.74, 6) is -0.352. The largest absolute Gasteiger partial charge is 0.493 e. The van der Waals surface area contributed by atoms with Crippen molar-refractivity contribution < 1.29 is 32.9 Å². The third-order valence-electron chi connectivity index (χ3n) is 3.45. The summed E-state index contributed by atoms with van der Waals surface area (Å²) >= 11 is 0. The van der Waals surface area contributed by atoms with E-state index in [0.717, 1.165) is 11.6 Å². The van der Waals surface area contributed by atoms with Gasteiger partial charge in [-0.15, -0.1) is 0 Å². The van der Waals surface area contributed by atoms with Crippen molar-refractivity contribution in [3.63, 3.8) is 0 Å². The zero-order chi connectivity index (χ0) is 19.6. The molecule has 0 fully saturated rings. The molecule has 0 saturated carbocycles. The van der Waals surface area contributed by atoms with Crippen LogP contribution in [0.3, 0.4) is 0 Å². The summed E-state index contributed by atoms with van der Waals surface area (Å²) in [4.78, 5) is 23.4. The minimum atomic E-state index is -0.736. The van der Waals surface area contributed by atoms with Crippen LogP contribution in [0.4, 0.5) is 4.39 Å². The fourth-order valence-electron chi connectivity index (χ4n) is 2.13. The first-order valence-electron chi connectivity index (χ1n) is 8.03. The lowest BCUT2D eigenvalue weighted by Gasteiger charge is -2.11. The second kappa shape index (κ2) is 10.0. The Morgan fingerprint density at radius 2 is 1.78 bits per heavy atom. The van der Waals surface area contributed by atoms with Crippen molar-refractivity contribution in [2.24, 2.45) is 0 Å². The van der Waals surface area contributed by atoms with Gasteiger partial charge in [-0.05, 0) is 29.8 Å². The summed E-state index contributed by atoms with van der Waals surface area (Å²) in [5.41, 5.74) is 0.793. The van der Waals surface area contributed by atoms with E-state index in [2.05, 4.69) is 5.32 Å². The van der Waals surface area contributed by atoms with Gasteiger partial charge in [-0.25, -0.2) is 9.18 Å². The normalized spacial score (nSPS) is 10.0. The van der Waals surface area contributed by atoms with Gasteiger partial charge in [0.2, 0.25) is 0 Å². The second-order valence-electron chi connectivity index (χ2n) is 5.37. The predicted octanol–water partition coefficient (Wildman–Crippen LogP) is 2.08. The molecule has 144 valence electrons. The maximum Gasteiger partial charge on any atom is 0.344 e. The van der Waals surface area contributed by atoms with Gasteiger partial charge in [0.05, 0.1) is 14.2 Å². The zero-order valence-corrected chi connectivity index (χ0v) is 15.0. The van der Waals surface area contributed by atoms with E-state index < -0.39 is 30.9 Å². The molecule has 7 nitrogen and oxygen atoms in total. The van der Waals surface area contributed by atoms with E-state index in [-0.39, 0.29) is 12.3 Å². The van der Waals surface area contributed by atoms with Gasteiger partial charge in [-0.3, -0.25) is 4.79 Å². The average molecular weight is 377 g/mol. The third-order valence-corrected chi connectivity index (χ3v) is 3.45. The Balaban J connectivity index is 1.72. The predicted molar refractivity (Wildman–Crippen MR) is 94.2 cm³/mol. The van der Waals surface area contributed by atoms with Gasteiger partial charge in [-0.1, -0.05) is 12.1 Å². The van der Waals surface area contributed by atoms with Crippen LogP contribution < -0.4 is 19.5 Å². The molecule has 2 aromatic rings. The highest BCUT2D eigenvalue weighted by Gasteiger charge is 2.10. The van der Waals surface area contributed by atoms with Crippen LogP contribution in [0, 0.1) is 5.82 Å². The number of ether oxygens (including phenoxy) is 4. The minimum Gasteiger partial charge on any atom is -0.493 e. The van der Waals surface area contributed by atoms with Crippen LogP contribution in [0.25, 0.3) is 0 Å². The number of hydrogen-bond acceptors (Lipinski definition) is 6. The molecule has 0 aromatic heterocycles. The maximum atomic E-state index is 13.0. The van der Waals surface area contributed by atoms with Crippen LogP contribution in [0.1, 0.15) is 5.56 Å². The van der Waals surface area contributed by atoms with Gasteiger partial charge in [0, 0.05) is 12.6 Å². The number of hydrogen-bond donors (Lipinski definition) is 1. The molecule has 0 saturated heterocycles. The van der Waals surface area contributed by atoms with Crippen LogP contribution in [0.5, 0.6) is 17.2 Å². The molecular formula is C19H20FNO6. The van der Waals surface area contributed by atoms with Crippen molar-refractivity contribution in [1.29, 1.82) is 0 Å². The Morgan fingerprint density at radius 3 is 2.48 bits per heavy atom. The Labute approximate surface area is 156 Å². The highest BCUT2D eigenvalue weighted by atomic mass is 19.1. The van der Waals surface area contributed by atoms with Crippen LogP contribution >= 0.6 is 0 Å². The van der Waals surface area contributed by atoms with Gasteiger partial charge in [0.15, 0.2) is 24.7 Å². The van der Waals surface area contributed by atoms with Crippen molar-refractivity contribution in [3.8, 4) is 17.2 Å². The van der Waals surface area contributed by atoms with Crippen molar-refractivity contribution in [2.75, 3.05) is 27.4 Å². The molecule has 0 radical (unpaired) electrons. The van der Waals surface area contributed by atoms with E-state index in [1.807, 2.05) is 0 Å². The highest BCUT2D eigenvalue weighted by molar-refractivity contribution is 5.80. The van der Waals surface area contributed by atoms with Gasteiger partial charge < -0.3 is 24.3 Å². The average Bonchev–Trinajstić information content (AvgIpc) is 2.68. The quantitative estimate of drug-likeness (QED) is 0.674. The van der Waals surface area contributed by atoms with Crippen molar-refractivity contribution in [3.05, 3.63) is 53.8 Å². The number of nitrogens with one attached hydrogen (secondary N) is 1. The molecule has 0 aliphatic carbocycles. The molecule has 2 aromatic carbocycles. The molecule has 0 heterocycles. The van der Waals surface area contributed by atoms with Crippen molar-refractivity contribution in [2.45, 2.75) is 6.54 Å². The molecule has 0 atom stereocenters. The number of amides is 1. The van der Waals surface area contributed by atoms with E-state index in [1.54, 1.807) is 18.2 Å². The first kappa shape index (κ1) is 20.0. The SMILES string of the molecule is COc1ccc(CNC(=O)COC(=O)COc2cccc(F)c2)cc1OC. The molecule has 2 rings (SSSR count). The molecule has 1 amide bonds. The lowest BCUT2D eigenvalue weighted by Crippen LogP contribution is -2.29. The minimum absolute atomic E-state index is 0.199. The summed E-state index contributed by atoms with van der Waals surface area (Å²) in [6, 6.07) is 10.6. The number of carbonyl (C=O) groups is 2. The van der Waals surface area contributed by atoms with Crippen LogP contribution in [0.15, 0.2) is 42.5 Å². The summed E-state index contributed by atoms with van der Waals surface area (Å²) in [6.45, 7) is -0.637. The maximum absolute atomic E-state index is 13.0. The summed E-state index contributed by atoms with van der Waals surface area (Å²) in [5, 5.41) is 2.62. The van der Waals surface area contributed by atoms with Gasteiger partial charge in [0.25, 0.3) is 5.91 Å². The summed E-state index contributed by atoms with van der Waals surface area (Å²) < 4.78 is 33.2. The lowest BCUT2D eigenvalue weighted by atomic mass is 10.2. The van der Waals surface area contributed by atoms with E-state index in [0.29, 0.717) is 11.5 Å². The first-order valence-corrected chi connectivity index (χ1v) is 8.03. The van der Waals surface area contributed by atoms with E-state index in [1.165, 1.54) is 32.4 Å². The molecule has 0 spiro atoms. The molecule has 27 heavy (non-hydrogen) atoms.